The first-order valence-electron chi connectivity index (χ1n) is 12.6. The second kappa shape index (κ2) is 10.1. The summed E-state index contributed by atoms with van der Waals surface area (Å²) in [7, 11) is 4.01. The summed E-state index contributed by atoms with van der Waals surface area (Å²) >= 11 is 0. The molecule has 3 heterocycles. The molecule has 38 heavy (non-hydrogen) atoms. The Hall–Kier alpha value is -3.89. The number of anilines is 2. The zero-order chi connectivity index (χ0) is 27.1. The van der Waals surface area contributed by atoms with Gasteiger partial charge in [0.15, 0.2) is 5.82 Å². The van der Waals surface area contributed by atoms with Crippen molar-refractivity contribution in [1.29, 1.82) is 0 Å². The van der Waals surface area contributed by atoms with E-state index in [1.165, 1.54) is 0 Å². The van der Waals surface area contributed by atoms with Crippen LogP contribution < -0.4 is 16.2 Å². The number of H-pyrrole nitrogens is 1. The van der Waals surface area contributed by atoms with E-state index in [0.29, 0.717) is 40.1 Å². The van der Waals surface area contributed by atoms with Gasteiger partial charge in [0.05, 0.1) is 23.1 Å². The van der Waals surface area contributed by atoms with Crippen LogP contribution in [0.25, 0.3) is 33.4 Å². The Bertz CT molecular complexity index is 1560. The molecule has 10 heteroatoms. The Morgan fingerprint density at radius 2 is 1.74 bits per heavy atom. The van der Waals surface area contributed by atoms with Crippen molar-refractivity contribution in [3.05, 3.63) is 64.1 Å². The van der Waals surface area contributed by atoms with Gasteiger partial charge < -0.3 is 25.3 Å². The molecule has 9 nitrogen and oxygen atoms in total. The molecule has 0 amide bonds. The van der Waals surface area contributed by atoms with E-state index in [1.54, 1.807) is 25.1 Å². The summed E-state index contributed by atoms with van der Waals surface area (Å²) in [4.78, 5) is 32.4. The minimum absolute atomic E-state index is 0.0337. The van der Waals surface area contributed by atoms with Crippen LogP contribution in [0.4, 0.5) is 15.9 Å². The minimum Gasteiger partial charge on any atom is -0.382 e. The highest BCUT2D eigenvalue weighted by Gasteiger charge is 2.25. The number of hydrogen-bond acceptors (Lipinski definition) is 8. The van der Waals surface area contributed by atoms with Crippen molar-refractivity contribution >= 4 is 22.4 Å². The molecule has 2 atom stereocenters. The fourth-order valence-corrected chi connectivity index (χ4v) is 5.11. The number of aromatic amines is 1. The van der Waals surface area contributed by atoms with Gasteiger partial charge in [0, 0.05) is 36.4 Å². The molecule has 0 spiro atoms. The number of rotatable bonds is 5. The zero-order valence-corrected chi connectivity index (χ0v) is 22.2. The van der Waals surface area contributed by atoms with E-state index in [1.807, 2.05) is 32.3 Å². The van der Waals surface area contributed by atoms with Crippen molar-refractivity contribution in [2.75, 3.05) is 37.8 Å². The Morgan fingerprint density at radius 1 is 1.05 bits per heavy atom. The number of halogens is 1. The molecule has 2 aromatic carbocycles. The standard InChI is InChI=1S/C28H32FN7O2/c1-15-12-36(13-16(2)38-15)23-9-7-18(10-20(23)14-35(4)5)24-26(29)34-27(30)25(33-24)19-6-8-21-22(11-19)31-17(3)32-28(21)37/h6-11,15-16H,12-14H2,1-5H3,(H2,30,34)(H,31,32,37)/t15-,16+. The molecule has 0 bridgehead atoms. The largest absolute Gasteiger partial charge is 0.382 e. The SMILES string of the molecule is Cc1nc2cc(-c3nc(-c4ccc(N5C[C@@H](C)O[C@@H](C)C5)c(CN(C)C)c4)c(F)nc3N)ccc2c(=O)[nH]1. The van der Waals surface area contributed by atoms with Crippen molar-refractivity contribution in [2.24, 2.45) is 0 Å². The number of nitrogens with two attached hydrogens (primary N) is 1. The molecule has 3 N–H and O–H groups in total. The van der Waals surface area contributed by atoms with Crippen LogP contribution in [0.3, 0.4) is 0 Å². The van der Waals surface area contributed by atoms with Crippen LogP contribution in [0.5, 0.6) is 0 Å². The van der Waals surface area contributed by atoms with Crippen LogP contribution in [0, 0.1) is 12.9 Å². The summed E-state index contributed by atoms with van der Waals surface area (Å²) in [5.74, 6) is -0.278. The van der Waals surface area contributed by atoms with Gasteiger partial charge in [-0.15, -0.1) is 0 Å². The zero-order valence-electron chi connectivity index (χ0n) is 22.2. The number of ether oxygens (including phenoxy) is 1. The Balaban J connectivity index is 1.59. The number of aromatic nitrogens is 4. The lowest BCUT2D eigenvalue weighted by Crippen LogP contribution is -2.46. The van der Waals surface area contributed by atoms with Crippen LogP contribution in [0.2, 0.25) is 0 Å². The summed E-state index contributed by atoms with van der Waals surface area (Å²) in [6.45, 7) is 8.09. The molecule has 1 aliphatic rings. The number of nitrogens with one attached hydrogen (secondary N) is 1. The van der Waals surface area contributed by atoms with Crippen molar-refractivity contribution in [2.45, 2.75) is 39.5 Å². The molecule has 198 valence electrons. The Labute approximate surface area is 220 Å². The van der Waals surface area contributed by atoms with E-state index < -0.39 is 5.95 Å². The summed E-state index contributed by atoms with van der Waals surface area (Å²) in [5, 5.41) is 0.448. The van der Waals surface area contributed by atoms with Crippen LogP contribution in [-0.4, -0.2) is 64.2 Å². The van der Waals surface area contributed by atoms with E-state index in [-0.39, 0.29) is 29.3 Å². The molecule has 1 saturated heterocycles. The normalized spacial score (nSPS) is 17.9. The third-order valence-electron chi connectivity index (χ3n) is 6.58. The monoisotopic (exact) mass is 517 g/mol. The van der Waals surface area contributed by atoms with Crippen LogP contribution in [-0.2, 0) is 11.3 Å². The average Bonchev–Trinajstić information content (AvgIpc) is 2.82. The number of nitrogens with zero attached hydrogens (tertiary/aromatic N) is 5. The number of morpholine rings is 1. The topological polar surface area (TPSA) is 113 Å². The van der Waals surface area contributed by atoms with Gasteiger partial charge in [0.25, 0.3) is 5.56 Å². The Morgan fingerprint density at radius 3 is 2.45 bits per heavy atom. The molecule has 0 saturated carbocycles. The van der Waals surface area contributed by atoms with Gasteiger partial charge in [-0.05, 0) is 64.7 Å². The quantitative estimate of drug-likeness (QED) is 0.412. The molecule has 1 aliphatic heterocycles. The predicted octanol–water partition coefficient (Wildman–Crippen LogP) is 3.75. The van der Waals surface area contributed by atoms with E-state index >= 15 is 4.39 Å². The number of benzene rings is 2. The Kier molecular flexibility index (Phi) is 6.85. The summed E-state index contributed by atoms with van der Waals surface area (Å²) in [6, 6.07) is 11.0. The molecule has 0 aliphatic carbocycles. The number of hydrogen-bond donors (Lipinski definition) is 2. The van der Waals surface area contributed by atoms with E-state index in [4.69, 9.17) is 10.5 Å². The van der Waals surface area contributed by atoms with E-state index in [2.05, 4.69) is 43.6 Å². The molecule has 1 fully saturated rings. The highest BCUT2D eigenvalue weighted by atomic mass is 19.1. The maximum Gasteiger partial charge on any atom is 0.258 e. The third kappa shape index (κ3) is 5.09. The third-order valence-corrected chi connectivity index (χ3v) is 6.58. The average molecular weight is 518 g/mol. The summed E-state index contributed by atoms with van der Waals surface area (Å²) in [5.41, 5.74) is 10.2. The van der Waals surface area contributed by atoms with E-state index in [9.17, 15) is 4.79 Å². The number of aryl methyl sites for hydroxylation is 1. The smallest absolute Gasteiger partial charge is 0.258 e. The lowest BCUT2D eigenvalue weighted by atomic mass is 10.0. The van der Waals surface area contributed by atoms with Crippen LogP contribution in [0.1, 0.15) is 25.2 Å². The highest BCUT2D eigenvalue weighted by molar-refractivity contribution is 5.85. The highest BCUT2D eigenvalue weighted by Crippen LogP contribution is 2.33. The predicted molar refractivity (Wildman–Crippen MR) is 148 cm³/mol. The van der Waals surface area contributed by atoms with E-state index in [0.717, 1.165) is 24.3 Å². The lowest BCUT2D eigenvalue weighted by molar-refractivity contribution is -0.00528. The summed E-state index contributed by atoms with van der Waals surface area (Å²) in [6.07, 6.45) is 0.230. The minimum atomic E-state index is -0.741. The summed E-state index contributed by atoms with van der Waals surface area (Å²) < 4.78 is 21.1. The number of fused-ring (bicyclic) bond motifs is 1. The molecule has 4 aromatic rings. The maximum atomic E-state index is 15.2. The van der Waals surface area contributed by atoms with Gasteiger partial charge in [-0.1, -0.05) is 12.1 Å². The fourth-order valence-electron chi connectivity index (χ4n) is 5.11. The van der Waals surface area contributed by atoms with Crippen molar-refractivity contribution < 1.29 is 9.13 Å². The molecule has 0 unspecified atom stereocenters. The first-order valence-corrected chi connectivity index (χ1v) is 12.6. The number of nitrogen functional groups attached to an aromatic ring is 1. The maximum absolute atomic E-state index is 15.2. The van der Waals surface area contributed by atoms with Gasteiger partial charge in [0.1, 0.15) is 17.2 Å². The van der Waals surface area contributed by atoms with Gasteiger partial charge in [0.2, 0.25) is 5.95 Å². The lowest BCUT2D eigenvalue weighted by Gasteiger charge is -2.38. The fraction of sp³-hybridized carbons (Fsp3) is 0.357. The van der Waals surface area contributed by atoms with Crippen molar-refractivity contribution in [3.63, 3.8) is 0 Å². The molecule has 2 aromatic heterocycles. The van der Waals surface area contributed by atoms with Crippen molar-refractivity contribution in [3.8, 4) is 22.5 Å². The first kappa shape index (κ1) is 25.7. The van der Waals surface area contributed by atoms with Crippen molar-refractivity contribution in [1.82, 2.24) is 24.8 Å². The molecular formula is C28H32FN7O2. The van der Waals surface area contributed by atoms with Crippen LogP contribution in [0.15, 0.2) is 41.2 Å². The van der Waals surface area contributed by atoms with Gasteiger partial charge in [-0.2, -0.15) is 9.37 Å². The molecule has 0 radical (unpaired) electrons. The van der Waals surface area contributed by atoms with Gasteiger partial charge in [-0.3, -0.25) is 4.79 Å². The first-order chi connectivity index (χ1) is 18.1. The van der Waals surface area contributed by atoms with Gasteiger partial charge in [-0.25, -0.2) is 9.97 Å². The second-order valence-electron chi connectivity index (χ2n) is 10.2. The second-order valence-corrected chi connectivity index (χ2v) is 10.2. The molecule has 5 rings (SSSR count). The van der Waals surface area contributed by atoms with Crippen LogP contribution >= 0.6 is 0 Å². The molecular weight excluding hydrogens is 485 g/mol. The van der Waals surface area contributed by atoms with Gasteiger partial charge >= 0.3 is 0 Å².